The molecule has 0 aliphatic carbocycles. The Morgan fingerprint density at radius 3 is 2.10 bits per heavy atom. The highest BCUT2D eigenvalue weighted by molar-refractivity contribution is 5.95. The number of carbonyl (C=O) groups excluding carboxylic acids is 2. The van der Waals surface area contributed by atoms with E-state index in [0.717, 1.165) is 23.7 Å². The second-order valence-electron chi connectivity index (χ2n) is 3.50. The third-order valence-electron chi connectivity index (χ3n) is 2.46. The van der Waals surface area contributed by atoms with Gasteiger partial charge in [-0.15, -0.1) is 0 Å². The van der Waals surface area contributed by atoms with Crippen LogP contribution in [0.3, 0.4) is 0 Å². The summed E-state index contributed by atoms with van der Waals surface area (Å²) < 4.78 is 0. The number of allylic oxidation sites excluding steroid dienone is 5. The lowest BCUT2D eigenvalue weighted by atomic mass is 9.97. The van der Waals surface area contributed by atoms with Crippen LogP contribution in [-0.4, -0.2) is 12.6 Å². The fraction of sp³-hybridized carbons (Fsp3) is 0.263. The van der Waals surface area contributed by atoms with Crippen LogP contribution in [0.15, 0.2) is 54.6 Å². The van der Waals surface area contributed by atoms with Crippen molar-refractivity contribution in [3.8, 4) is 0 Å². The number of aldehydes is 2. The number of hydrogen-bond acceptors (Lipinski definition) is 2. The highest BCUT2D eigenvalue weighted by Crippen LogP contribution is 2.21. The molecule has 0 saturated carbocycles. The number of carbonyl (C=O) groups is 2. The zero-order chi connectivity index (χ0) is 16.7. The highest BCUT2D eigenvalue weighted by Gasteiger charge is 2.05. The maximum atomic E-state index is 11.0. The zero-order valence-electron chi connectivity index (χ0n) is 13.7. The molecule has 0 radical (unpaired) electrons. The molecule has 0 unspecified atom stereocenters. The second-order valence-corrected chi connectivity index (χ2v) is 3.50. The van der Waals surface area contributed by atoms with Crippen molar-refractivity contribution < 1.29 is 9.59 Å². The summed E-state index contributed by atoms with van der Waals surface area (Å²) in [6.07, 6.45) is 6.53. The Balaban J connectivity index is 0. The molecule has 0 bridgehead atoms. The molecule has 0 aromatic heterocycles. The van der Waals surface area contributed by atoms with E-state index in [4.69, 9.17) is 0 Å². The van der Waals surface area contributed by atoms with Gasteiger partial charge in [0.25, 0.3) is 0 Å². The maximum Gasteiger partial charge on any atom is 0.150 e. The van der Waals surface area contributed by atoms with Crippen molar-refractivity contribution in [3.63, 3.8) is 0 Å². The lowest BCUT2D eigenvalue weighted by Gasteiger charge is -2.06. The predicted octanol–water partition coefficient (Wildman–Crippen LogP) is 5.27. The smallest absolute Gasteiger partial charge is 0.150 e. The fourth-order valence-corrected chi connectivity index (χ4v) is 1.52. The highest BCUT2D eigenvalue weighted by atomic mass is 16.1. The molecule has 2 heteroatoms. The van der Waals surface area contributed by atoms with Gasteiger partial charge in [-0.3, -0.25) is 9.59 Å². The molecule has 21 heavy (non-hydrogen) atoms. The molecule has 0 fully saturated rings. The maximum absolute atomic E-state index is 11.0. The van der Waals surface area contributed by atoms with Crippen molar-refractivity contribution in [1.29, 1.82) is 0 Å². The van der Waals surface area contributed by atoms with Crippen LogP contribution < -0.4 is 0 Å². The minimum absolute atomic E-state index is 0.541. The number of rotatable bonds is 5. The molecule has 0 spiro atoms. The van der Waals surface area contributed by atoms with Gasteiger partial charge in [-0.2, -0.15) is 0 Å². The fourth-order valence-electron chi connectivity index (χ4n) is 1.52. The molecule has 1 aromatic rings. The normalized spacial score (nSPS) is 10.3. The zero-order valence-corrected chi connectivity index (χ0v) is 13.7. The first-order valence-electron chi connectivity index (χ1n) is 7.24. The summed E-state index contributed by atoms with van der Waals surface area (Å²) in [5.41, 5.74) is 2.68. The van der Waals surface area contributed by atoms with Crippen molar-refractivity contribution in [2.45, 2.75) is 34.6 Å². The van der Waals surface area contributed by atoms with Gasteiger partial charge in [-0.05, 0) is 18.1 Å². The predicted molar refractivity (Wildman–Crippen MR) is 92.5 cm³/mol. The molecule has 0 heterocycles. The summed E-state index contributed by atoms with van der Waals surface area (Å²) in [5, 5.41) is 0. The Hall–Kier alpha value is -2.22. The molecule has 0 aliphatic heterocycles. The van der Waals surface area contributed by atoms with Gasteiger partial charge in [0, 0.05) is 11.1 Å². The first-order chi connectivity index (χ1) is 10.2. The molecule has 114 valence electrons. The Morgan fingerprint density at radius 2 is 1.62 bits per heavy atom. The average molecular weight is 286 g/mol. The lowest BCUT2D eigenvalue weighted by molar-refractivity contribution is -0.104. The molecule has 0 amide bonds. The summed E-state index contributed by atoms with van der Waals surface area (Å²) in [6, 6.07) is 7.18. The molecular formula is C19H26O2. The summed E-state index contributed by atoms with van der Waals surface area (Å²) in [5.74, 6) is 0. The van der Waals surface area contributed by atoms with Crippen molar-refractivity contribution in [3.05, 3.63) is 65.8 Å². The first kappa shape index (κ1) is 21.1. The quantitative estimate of drug-likeness (QED) is 0.420. The minimum atomic E-state index is 0.541. The Bertz CT molecular complexity index is 494. The van der Waals surface area contributed by atoms with Crippen LogP contribution in [0.1, 0.15) is 50.5 Å². The van der Waals surface area contributed by atoms with Crippen LogP contribution in [0.25, 0.3) is 5.57 Å². The molecule has 2 nitrogen and oxygen atoms in total. The SMILES string of the molecule is C=C/C=C\C(C=O)=C(/C)c1ccccc1C=O.CC.CC. The van der Waals surface area contributed by atoms with E-state index in [-0.39, 0.29) is 0 Å². The van der Waals surface area contributed by atoms with Crippen molar-refractivity contribution in [2.24, 2.45) is 0 Å². The lowest BCUT2D eigenvalue weighted by Crippen LogP contribution is -1.93. The number of hydrogen-bond donors (Lipinski definition) is 0. The van der Waals surface area contributed by atoms with Gasteiger partial charge in [0.15, 0.2) is 6.29 Å². The summed E-state index contributed by atoms with van der Waals surface area (Å²) in [6.45, 7) is 13.4. The van der Waals surface area contributed by atoms with Crippen LogP contribution >= 0.6 is 0 Å². The summed E-state index contributed by atoms with van der Waals surface area (Å²) in [7, 11) is 0. The molecule has 1 aromatic carbocycles. The van der Waals surface area contributed by atoms with Crippen LogP contribution in [0.2, 0.25) is 0 Å². The summed E-state index contributed by atoms with van der Waals surface area (Å²) >= 11 is 0. The van der Waals surface area contributed by atoms with E-state index in [1.807, 2.05) is 46.8 Å². The van der Waals surface area contributed by atoms with Crippen molar-refractivity contribution >= 4 is 18.1 Å². The van der Waals surface area contributed by atoms with Gasteiger partial charge >= 0.3 is 0 Å². The van der Waals surface area contributed by atoms with Gasteiger partial charge < -0.3 is 0 Å². The first-order valence-corrected chi connectivity index (χ1v) is 7.24. The molecule has 1 rings (SSSR count). The minimum Gasteiger partial charge on any atom is -0.298 e. The molecule has 0 saturated heterocycles. The Kier molecular flexibility index (Phi) is 14.3. The average Bonchev–Trinajstić information content (AvgIpc) is 2.58. The molecule has 0 N–H and O–H groups in total. The van der Waals surface area contributed by atoms with Gasteiger partial charge in [-0.1, -0.05) is 76.8 Å². The summed E-state index contributed by atoms with van der Waals surface area (Å²) in [4.78, 5) is 21.9. The van der Waals surface area contributed by atoms with E-state index in [0.29, 0.717) is 11.1 Å². The van der Waals surface area contributed by atoms with Gasteiger partial charge in [-0.25, -0.2) is 0 Å². The van der Waals surface area contributed by atoms with E-state index < -0.39 is 0 Å². The van der Waals surface area contributed by atoms with E-state index in [1.54, 1.807) is 30.4 Å². The largest absolute Gasteiger partial charge is 0.298 e. The van der Waals surface area contributed by atoms with Crippen LogP contribution in [0.4, 0.5) is 0 Å². The van der Waals surface area contributed by atoms with Crippen LogP contribution in [0.5, 0.6) is 0 Å². The second kappa shape index (κ2) is 14.2. The van der Waals surface area contributed by atoms with E-state index in [9.17, 15) is 9.59 Å². The van der Waals surface area contributed by atoms with Crippen molar-refractivity contribution in [2.75, 3.05) is 0 Å². The van der Waals surface area contributed by atoms with E-state index >= 15 is 0 Å². The Labute approximate surface area is 128 Å². The Morgan fingerprint density at radius 1 is 1.05 bits per heavy atom. The van der Waals surface area contributed by atoms with Crippen LogP contribution in [-0.2, 0) is 4.79 Å². The third kappa shape index (κ3) is 7.21. The van der Waals surface area contributed by atoms with Crippen LogP contribution in [0, 0.1) is 0 Å². The monoisotopic (exact) mass is 286 g/mol. The van der Waals surface area contributed by atoms with Crippen molar-refractivity contribution in [1.82, 2.24) is 0 Å². The van der Waals surface area contributed by atoms with E-state index in [2.05, 4.69) is 6.58 Å². The van der Waals surface area contributed by atoms with Gasteiger partial charge in [0.05, 0.1) is 0 Å². The molecular weight excluding hydrogens is 260 g/mol. The standard InChI is InChI=1S/C15H14O2.2C2H6/c1-3-4-7-13(10-16)12(2)15-9-6-5-8-14(15)11-17;2*1-2/h3-11H,1H2,2H3;2*1-2H3/b7-4-,13-12-;;. The third-order valence-corrected chi connectivity index (χ3v) is 2.46. The topological polar surface area (TPSA) is 34.1 Å². The van der Waals surface area contributed by atoms with E-state index in [1.165, 1.54) is 0 Å². The number of benzene rings is 1. The molecule has 0 aliphatic rings. The van der Waals surface area contributed by atoms with Gasteiger partial charge in [0.1, 0.15) is 6.29 Å². The molecule has 0 atom stereocenters. The van der Waals surface area contributed by atoms with Gasteiger partial charge in [0.2, 0.25) is 0 Å².